The molecule has 2 aromatic heterocycles. The van der Waals surface area contributed by atoms with E-state index in [4.69, 9.17) is 15.5 Å². The molecule has 0 unspecified atom stereocenters. The van der Waals surface area contributed by atoms with Gasteiger partial charge in [0.2, 0.25) is 11.9 Å². The lowest BCUT2D eigenvalue weighted by Crippen LogP contribution is -2.38. The molecule has 0 radical (unpaired) electrons. The first-order valence-electron chi connectivity index (χ1n) is 11.4. The van der Waals surface area contributed by atoms with Crippen molar-refractivity contribution >= 4 is 11.9 Å². The van der Waals surface area contributed by atoms with Crippen molar-refractivity contribution in [1.29, 1.82) is 0 Å². The number of piperidine rings is 1. The van der Waals surface area contributed by atoms with E-state index in [0.29, 0.717) is 19.8 Å². The summed E-state index contributed by atoms with van der Waals surface area (Å²) in [5.41, 5.74) is 9.63. The molecule has 4 heterocycles. The highest BCUT2D eigenvalue weighted by molar-refractivity contribution is 5.66. The zero-order chi connectivity index (χ0) is 22.6. The molecule has 33 heavy (non-hydrogen) atoms. The molecule has 0 aliphatic carbocycles. The number of nitrogen functional groups attached to an aromatic ring is 1. The Kier molecular flexibility index (Phi) is 6.41. The average Bonchev–Trinajstić information content (AvgIpc) is 2.86. The molecule has 0 amide bonds. The predicted molar refractivity (Wildman–Crippen MR) is 124 cm³/mol. The highest BCUT2D eigenvalue weighted by Crippen LogP contribution is 2.36. The molecule has 2 saturated heterocycles. The van der Waals surface area contributed by atoms with Gasteiger partial charge in [0.05, 0.1) is 30.6 Å². The molecular formula is C24H28FN7O. The number of likely N-dealkylation sites (tertiary alicyclic amines) is 1. The SMILES string of the molecule is Nc1ncc(-c2ccc(F)cc2)c([C@H]2CCCCN2Cc2ccnc(N3CCOCC3)n2)n1. The van der Waals surface area contributed by atoms with Crippen LogP contribution >= 0.6 is 0 Å². The number of halogens is 1. The van der Waals surface area contributed by atoms with Crippen LogP contribution in [0.2, 0.25) is 0 Å². The topological polar surface area (TPSA) is 93.3 Å². The summed E-state index contributed by atoms with van der Waals surface area (Å²) in [6.07, 6.45) is 6.77. The molecule has 9 heteroatoms. The van der Waals surface area contributed by atoms with Crippen molar-refractivity contribution in [1.82, 2.24) is 24.8 Å². The third kappa shape index (κ3) is 4.94. The number of morpholine rings is 1. The fourth-order valence-corrected chi connectivity index (χ4v) is 4.60. The lowest BCUT2D eigenvalue weighted by Gasteiger charge is -2.36. The van der Waals surface area contributed by atoms with Crippen molar-refractivity contribution in [3.05, 3.63) is 59.9 Å². The zero-order valence-corrected chi connectivity index (χ0v) is 18.5. The predicted octanol–water partition coefficient (Wildman–Crippen LogP) is 3.22. The average molecular weight is 450 g/mol. The smallest absolute Gasteiger partial charge is 0.225 e. The zero-order valence-electron chi connectivity index (χ0n) is 18.5. The van der Waals surface area contributed by atoms with E-state index in [2.05, 4.69) is 24.8 Å². The fraction of sp³-hybridized carbons (Fsp3) is 0.417. The number of hydrogen-bond acceptors (Lipinski definition) is 8. The minimum atomic E-state index is -0.268. The van der Waals surface area contributed by atoms with Gasteiger partial charge in [0.1, 0.15) is 5.82 Å². The number of anilines is 2. The maximum absolute atomic E-state index is 13.5. The molecule has 2 aliphatic heterocycles. The van der Waals surface area contributed by atoms with Gasteiger partial charge in [-0.15, -0.1) is 0 Å². The van der Waals surface area contributed by atoms with Gasteiger partial charge in [-0.3, -0.25) is 4.90 Å². The van der Waals surface area contributed by atoms with Crippen LogP contribution in [0.3, 0.4) is 0 Å². The van der Waals surface area contributed by atoms with Gasteiger partial charge in [-0.25, -0.2) is 24.3 Å². The maximum atomic E-state index is 13.5. The normalized spacial score (nSPS) is 19.5. The first kappa shape index (κ1) is 21.7. The summed E-state index contributed by atoms with van der Waals surface area (Å²) in [7, 11) is 0. The molecular weight excluding hydrogens is 421 g/mol. The summed E-state index contributed by atoms with van der Waals surface area (Å²) in [6, 6.07) is 8.50. The van der Waals surface area contributed by atoms with Crippen molar-refractivity contribution in [3.63, 3.8) is 0 Å². The molecule has 8 nitrogen and oxygen atoms in total. The van der Waals surface area contributed by atoms with Crippen molar-refractivity contribution in [3.8, 4) is 11.1 Å². The molecule has 3 aromatic rings. The molecule has 0 saturated carbocycles. The number of aromatic nitrogens is 4. The van der Waals surface area contributed by atoms with Gasteiger partial charge in [0.25, 0.3) is 0 Å². The van der Waals surface area contributed by atoms with Gasteiger partial charge < -0.3 is 15.4 Å². The molecule has 0 spiro atoms. The second-order valence-corrected chi connectivity index (χ2v) is 8.46. The molecule has 2 aliphatic rings. The number of ether oxygens (including phenoxy) is 1. The van der Waals surface area contributed by atoms with Crippen LogP contribution < -0.4 is 10.6 Å². The van der Waals surface area contributed by atoms with E-state index in [9.17, 15) is 4.39 Å². The van der Waals surface area contributed by atoms with Crippen molar-refractivity contribution in [2.75, 3.05) is 43.5 Å². The van der Waals surface area contributed by atoms with Crippen molar-refractivity contribution < 1.29 is 9.13 Å². The molecule has 2 N–H and O–H groups in total. The minimum Gasteiger partial charge on any atom is -0.378 e. The molecule has 1 aromatic carbocycles. The van der Waals surface area contributed by atoms with E-state index in [1.807, 2.05) is 12.3 Å². The van der Waals surface area contributed by atoms with E-state index in [0.717, 1.165) is 67.4 Å². The number of rotatable bonds is 5. The summed E-state index contributed by atoms with van der Waals surface area (Å²) in [5.74, 6) is 0.733. The fourth-order valence-electron chi connectivity index (χ4n) is 4.60. The number of benzene rings is 1. The maximum Gasteiger partial charge on any atom is 0.225 e. The first-order valence-corrected chi connectivity index (χ1v) is 11.4. The Hall–Kier alpha value is -3.17. The lowest BCUT2D eigenvalue weighted by atomic mass is 9.93. The first-order chi connectivity index (χ1) is 16.2. The van der Waals surface area contributed by atoms with Crippen LogP contribution in [0.4, 0.5) is 16.3 Å². The van der Waals surface area contributed by atoms with Crippen molar-refractivity contribution in [2.24, 2.45) is 0 Å². The van der Waals surface area contributed by atoms with Gasteiger partial charge in [-0.05, 0) is 43.1 Å². The Morgan fingerprint density at radius 1 is 1.00 bits per heavy atom. The number of nitrogens with zero attached hydrogens (tertiary/aromatic N) is 6. The van der Waals surface area contributed by atoms with Gasteiger partial charge >= 0.3 is 0 Å². The Labute approximate surface area is 192 Å². The number of hydrogen-bond donors (Lipinski definition) is 1. The second-order valence-electron chi connectivity index (χ2n) is 8.46. The van der Waals surface area contributed by atoms with Crippen LogP contribution in [0, 0.1) is 5.82 Å². The molecule has 1 atom stereocenters. The monoisotopic (exact) mass is 449 g/mol. The molecule has 0 bridgehead atoms. The van der Waals surface area contributed by atoms with Crippen LogP contribution in [-0.4, -0.2) is 57.7 Å². The lowest BCUT2D eigenvalue weighted by molar-refractivity contribution is 0.121. The summed E-state index contributed by atoms with van der Waals surface area (Å²) < 4.78 is 19.0. The Balaban J connectivity index is 1.43. The van der Waals surface area contributed by atoms with E-state index in [1.54, 1.807) is 18.3 Å². The third-order valence-electron chi connectivity index (χ3n) is 6.28. The van der Waals surface area contributed by atoms with E-state index in [-0.39, 0.29) is 17.8 Å². The van der Waals surface area contributed by atoms with E-state index >= 15 is 0 Å². The van der Waals surface area contributed by atoms with Crippen molar-refractivity contribution in [2.45, 2.75) is 31.8 Å². The third-order valence-corrected chi connectivity index (χ3v) is 6.28. The number of nitrogens with two attached hydrogens (primary N) is 1. The second kappa shape index (κ2) is 9.76. The minimum absolute atomic E-state index is 0.0749. The van der Waals surface area contributed by atoms with Crippen LogP contribution in [0.25, 0.3) is 11.1 Å². The summed E-state index contributed by atoms with van der Waals surface area (Å²) in [4.78, 5) is 22.8. The summed E-state index contributed by atoms with van der Waals surface area (Å²) >= 11 is 0. The van der Waals surface area contributed by atoms with Gasteiger partial charge in [-0.2, -0.15) is 0 Å². The molecule has 5 rings (SSSR count). The Morgan fingerprint density at radius 3 is 2.64 bits per heavy atom. The van der Waals surface area contributed by atoms with E-state index in [1.165, 1.54) is 12.1 Å². The van der Waals surface area contributed by atoms with Gasteiger partial charge in [-0.1, -0.05) is 18.6 Å². The Morgan fingerprint density at radius 2 is 1.82 bits per heavy atom. The highest BCUT2D eigenvalue weighted by Gasteiger charge is 2.29. The largest absolute Gasteiger partial charge is 0.378 e. The van der Waals surface area contributed by atoms with Crippen LogP contribution in [0.5, 0.6) is 0 Å². The van der Waals surface area contributed by atoms with Crippen LogP contribution in [0.15, 0.2) is 42.7 Å². The highest BCUT2D eigenvalue weighted by atomic mass is 19.1. The van der Waals surface area contributed by atoms with E-state index < -0.39 is 0 Å². The molecule has 2 fully saturated rings. The van der Waals surface area contributed by atoms with Crippen LogP contribution in [-0.2, 0) is 11.3 Å². The quantitative estimate of drug-likeness (QED) is 0.635. The Bertz CT molecular complexity index is 1090. The molecule has 172 valence electrons. The van der Waals surface area contributed by atoms with Gasteiger partial charge in [0, 0.05) is 37.6 Å². The van der Waals surface area contributed by atoms with Gasteiger partial charge in [0.15, 0.2) is 0 Å². The van der Waals surface area contributed by atoms with Crippen LogP contribution in [0.1, 0.15) is 36.7 Å². The standard InChI is InChI=1S/C24H28FN7O/c25-18-6-4-17(5-7-18)20-15-28-23(26)30-22(20)21-3-1-2-10-32(21)16-19-8-9-27-24(29-19)31-11-13-33-14-12-31/h4-9,15,21H,1-3,10-14,16H2,(H2,26,28,30)/t21-/m1/s1. The summed E-state index contributed by atoms with van der Waals surface area (Å²) in [5, 5.41) is 0. The summed E-state index contributed by atoms with van der Waals surface area (Å²) in [6.45, 7) is 4.63.